The highest BCUT2D eigenvalue weighted by molar-refractivity contribution is 7.13. The molecule has 5 nitrogen and oxygen atoms in total. The van der Waals surface area contributed by atoms with Crippen molar-refractivity contribution in [3.05, 3.63) is 47.5 Å². The van der Waals surface area contributed by atoms with Crippen LogP contribution in [0, 0.1) is 0 Å². The number of esters is 1. The largest absolute Gasteiger partial charge is 0.452 e. The molecule has 1 saturated carbocycles. The lowest BCUT2D eigenvalue weighted by Gasteiger charge is -2.34. The highest BCUT2D eigenvalue weighted by Crippen LogP contribution is 2.30. The van der Waals surface area contributed by atoms with Crippen LogP contribution in [0.15, 0.2) is 41.9 Å². The fourth-order valence-corrected chi connectivity index (χ4v) is 4.55. The normalized spacial score (nSPS) is 16.9. The summed E-state index contributed by atoms with van der Waals surface area (Å²) in [4.78, 5) is 32.1. The van der Waals surface area contributed by atoms with E-state index in [2.05, 4.69) is 4.98 Å². The van der Waals surface area contributed by atoms with Gasteiger partial charge in [-0.3, -0.25) is 14.5 Å². The second-order valence-corrected chi connectivity index (χ2v) is 8.14. The first-order valence-electron chi connectivity index (χ1n) is 10.1. The van der Waals surface area contributed by atoms with Crippen molar-refractivity contribution >= 4 is 28.3 Å². The third-order valence-electron chi connectivity index (χ3n) is 5.34. The molecule has 2 unspecified atom stereocenters. The maximum absolute atomic E-state index is 13.2. The zero-order valence-electron chi connectivity index (χ0n) is 16.5. The van der Waals surface area contributed by atoms with Gasteiger partial charge in [-0.1, -0.05) is 56.5 Å². The highest BCUT2D eigenvalue weighted by Gasteiger charge is 2.34. The Bertz CT molecular complexity index is 757. The van der Waals surface area contributed by atoms with Crippen LogP contribution in [-0.2, 0) is 14.3 Å². The van der Waals surface area contributed by atoms with Gasteiger partial charge in [0.15, 0.2) is 11.2 Å². The molecule has 1 fully saturated rings. The minimum atomic E-state index is -0.837. The van der Waals surface area contributed by atoms with Gasteiger partial charge >= 0.3 is 5.97 Å². The third-order valence-corrected chi connectivity index (χ3v) is 6.11. The van der Waals surface area contributed by atoms with Crippen LogP contribution in [0.2, 0.25) is 0 Å². The Balaban J connectivity index is 1.72. The Hall–Kier alpha value is -2.21. The molecular weight excluding hydrogens is 372 g/mol. The number of benzene rings is 1. The number of rotatable bonds is 7. The van der Waals surface area contributed by atoms with E-state index in [4.69, 9.17) is 4.74 Å². The Labute approximate surface area is 170 Å². The van der Waals surface area contributed by atoms with Gasteiger partial charge in [-0.25, -0.2) is 4.98 Å². The van der Waals surface area contributed by atoms with Crippen molar-refractivity contribution in [3.8, 4) is 0 Å². The molecule has 0 aliphatic heterocycles. The number of aromatic nitrogens is 1. The van der Waals surface area contributed by atoms with Gasteiger partial charge in [-0.05, 0) is 31.7 Å². The monoisotopic (exact) mass is 400 g/mol. The van der Waals surface area contributed by atoms with Gasteiger partial charge in [-0.15, -0.1) is 11.3 Å². The molecule has 0 spiro atoms. The summed E-state index contributed by atoms with van der Waals surface area (Å²) in [7, 11) is 0. The molecule has 1 heterocycles. The summed E-state index contributed by atoms with van der Waals surface area (Å²) in [5.74, 6) is -0.894. The summed E-state index contributed by atoms with van der Waals surface area (Å²) in [6.07, 6.45) is 6.86. The van der Waals surface area contributed by atoms with Gasteiger partial charge < -0.3 is 4.74 Å². The van der Waals surface area contributed by atoms with E-state index in [-0.39, 0.29) is 23.8 Å². The number of thiazole rings is 1. The molecule has 1 aliphatic rings. The number of carbonyl (C=O) groups is 2. The lowest BCUT2D eigenvalue weighted by molar-refractivity contribution is -0.155. The zero-order chi connectivity index (χ0) is 19.9. The highest BCUT2D eigenvalue weighted by atomic mass is 32.1. The van der Waals surface area contributed by atoms with Crippen LogP contribution >= 0.6 is 11.3 Å². The molecule has 1 aromatic heterocycles. The SMILES string of the molecule is CCC(C(=O)OC(C)C(=O)N(c1nccs1)C1CCCCC1)c1ccccc1. The summed E-state index contributed by atoms with van der Waals surface area (Å²) in [6, 6.07) is 9.71. The molecule has 0 saturated heterocycles. The van der Waals surface area contributed by atoms with Crippen LogP contribution in [0.4, 0.5) is 5.13 Å². The maximum atomic E-state index is 13.2. The van der Waals surface area contributed by atoms with E-state index in [0.717, 1.165) is 31.2 Å². The average molecular weight is 401 g/mol. The second kappa shape index (κ2) is 9.82. The van der Waals surface area contributed by atoms with Crippen LogP contribution in [-0.4, -0.2) is 29.0 Å². The van der Waals surface area contributed by atoms with Crippen molar-refractivity contribution in [3.63, 3.8) is 0 Å². The minimum absolute atomic E-state index is 0.129. The fourth-order valence-electron chi connectivity index (χ4n) is 3.83. The summed E-state index contributed by atoms with van der Waals surface area (Å²) in [5, 5.41) is 2.56. The second-order valence-electron chi connectivity index (χ2n) is 7.27. The molecule has 0 bridgehead atoms. The molecule has 3 rings (SSSR count). The first-order valence-corrected chi connectivity index (χ1v) is 11.0. The Morgan fingerprint density at radius 2 is 1.93 bits per heavy atom. The smallest absolute Gasteiger partial charge is 0.314 e. The molecule has 150 valence electrons. The standard InChI is InChI=1S/C22H28N2O3S/c1-3-19(17-10-6-4-7-11-17)21(26)27-16(2)20(25)24(22-23-14-15-28-22)18-12-8-5-9-13-18/h4,6-7,10-11,14-16,18-19H,3,5,8-9,12-13H2,1-2H3. The number of carbonyl (C=O) groups excluding carboxylic acids is 2. The number of hydrogen-bond acceptors (Lipinski definition) is 5. The average Bonchev–Trinajstić information content (AvgIpc) is 3.24. The molecule has 1 aliphatic carbocycles. The molecule has 0 radical (unpaired) electrons. The zero-order valence-corrected chi connectivity index (χ0v) is 17.4. The van der Waals surface area contributed by atoms with Crippen molar-refractivity contribution in [1.29, 1.82) is 0 Å². The van der Waals surface area contributed by atoms with E-state index >= 15 is 0 Å². The van der Waals surface area contributed by atoms with Crippen molar-refractivity contribution < 1.29 is 14.3 Å². The molecule has 28 heavy (non-hydrogen) atoms. The summed E-state index contributed by atoms with van der Waals surface area (Å²) >= 11 is 1.45. The van der Waals surface area contributed by atoms with Gasteiger partial charge in [0.05, 0.1) is 5.92 Å². The molecule has 1 amide bonds. The number of amides is 1. The van der Waals surface area contributed by atoms with E-state index in [1.807, 2.05) is 42.6 Å². The number of anilines is 1. The molecule has 2 aromatic rings. The van der Waals surface area contributed by atoms with E-state index in [0.29, 0.717) is 11.6 Å². The van der Waals surface area contributed by atoms with Gasteiger partial charge in [0.2, 0.25) is 0 Å². The first-order chi connectivity index (χ1) is 13.6. The van der Waals surface area contributed by atoms with Crippen molar-refractivity contribution in [2.75, 3.05) is 4.90 Å². The van der Waals surface area contributed by atoms with E-state index < -0.39 is 6.10 Å². The predicted molar refractivity (Wildman–Crippen MR) is 112 cm³/mol. The maximum Gasteiger partial charge on any atom is 0.314 e. The predicted octanol–water partition coefficient (Wildman–Crippen LogP) is 4.93. The van der Waals surface area contributed by atoms with Crippen molar-refractivity contribution in [2.24, 2.45) is 0 Å². The molecule has 2 atom stereocenters. The van der Waals surface area contributed by atoms with Gasteiger partial charge in [0.25, 0.3) is 5.91 Å². The minimum Gasteiger partial charge on any atom is -0.452 e. The van der Waals surface area contributed by atoms with Crippen LogP contribution in [0.1, 0.15) is 63.9 Å². The van der Waals surface area contributed by atoms with Crippen molar-refractivity contribution in [2.45, 2.75) is 70.4 Å². The van der Waals surface area contributed by atoms with Crippen LogP contribution in [0.25, 0.3) is 0 Å². The summed E-state index contributed by atoms with van der Waals surface area (Å²) in [6.45, 7) is 3.62. The Morgan fingerprint density at radius 1 is 1.21 bits per heavy atom. The lowest BCUT2D eigenvalue weighted by atomic mass is 9.94. The molecule has 6 heteroatoms. The first kappa shape index (κ1) is 20.5. The fraction of sp³-hybridized carbons (Fsp3) is 0.500. The number of nitrogens with zero attached hydrogens (tertiary/aromatic N) is 2. The Morgan fingerprint density at radius 3 is 2.54 bits per heavy atom. The Kier molecular flexibility index (Phi) is 7.20. The summed E-state index contributed by atoms with van der Waals surface area (Å²) in [5.41, 5.74) is 0.915. The topological polar surface area (TPSA) is 59.5 Å². The van der Waals surface area contributed by atoms with Gasteiger partial charge in [0.1, 0.15) is 0 Å². The quantitative estimate of drug-likeness (QED) is 0.618. The lowest BCUT2D eigenvalue weighted by Crippen LogP contribution is -2.47. The van der Waals surface area contributed by atoms with Crippen LogP contribution in [0.3, 0.4) is 0 Å². The third kappa shape index (κ3) is 4.79. The van der Waals surface area contributed by atoms with Crippen LogP contribution in [0.5, 0.6) is 0 Å². The summed E-state index contributed by atoms with van der Waals surface area (Å²) < 4.78 is 5.64. The number of ether oxygens (including phenoxy) is 1. The van der Waals surface area contributed by atoms with E-state index in [1.54, 1.807) is 18.0 Å². The van der Waals surface area contributed by atoms with Gasteiger partial charge in [-0.2, -0.15) is 0 Å². The molecular formula is C22H28N2O3S. The van der Waals surface area contributed by atoms with Crippen molar-refractivity contribution in [1.82, 2.24) is 4.98 Å². The number of hydrogen-bond donors (Lipinski definition) is 0. The van der Waals surface area contributed by atoms with Crippen LogP contribution < -0.4 is 4.90 Å². The molecule has 1 aromatic carbocycles. The molecule has 0 N–H and O–H groups in total. The van der Waals surface area contributed by atoms with E-state index in [1.165, 1.54) is 17.8 Å². The van der Waals surface area contributed by atoms with Gasteiger partial charge in [0, 0.05) is 17.6 Å². The van der Waals surface area contributed by atoms with E-state index in [9.17, 15) is 9.59 Å².